The SMILES string of the molecule is COc1cc(F)c(NCCCC#N)cc1F. The minimum Gasteiger partial charge on any atom is -0.494 e. The lowest BCUT2D eigenvalue weighted by molar-refractivity contribution is 0.383. The van der Waals surface area contributed by atoms with Crippen molar-refractivity contribution in [3.8, 4) is 11.8 Å². The van der Waals surface area contributed by atoms with Crippen LogP contribution in [0.2, 0.25) is 0 Å². The topological polar surface area (TPSA) is 45.0 Å². The van der Waals surface area contributed by atoms with Gasteiger partial charge in [-0.05, 0) is 6.42 Å². The van der Waals surface area contributed by atoms with Crippen LogP contribution in [0.3, 0.4) is 0 Å². The van der Waals surface area contributed by atoms with Crippen molar-refractivity contribution < 1.29 is 13.5 Å². The molecule has 16 heavy (non-hydrogen) atoms. The number of hydrogen-bond donors (Lipinski definition) is 1. The molecule has 0 spiro atoms. The quantitative estimate of drug-likeness (QED) is 0.785. The molecule has 0 atom stereocenters. The van der Waals surface area contributed by atoms with Crippen molar-refractivity contribution in [2.45, 2.75) is 12.8 Å². The van der Waals surface area contributed by atoms with Gasteiger partial charge in [0.25, 0.3) is 0 Å². The molecule has 5 heteroatoms. The summed E-state index contributed by atoms with van der Waals surface area (Å²) in [5.74, 6) is -1.32. The molecule has 0 saturated heterocycles. The summed E-state index contributed by atoms with van der Waals surface area (Å²) in [6.45, 7) is 0.427. The van der Waals surface area contributed by atoms with Crippen LogP contribution in [0.15, 0.2) is 12.1 Å². The van der Waals surface area contributed by atoms with Gasteiger partial charge in [0.1, 0.15) is 5.82 Å². The van der Waals surface area contributed by atoms with E-state index in [9.17, 15) is 8.78 Å². The van der Waals surface area contributed by atoms with Crippen molar-refractivity contribution in [3.05, 3.63) is 23.8 Å². The van der Waals surface area contributed by atoms with Crippen molar-refractivity contribution in [1.82, 2.24) is 0 Å². The van der Waals surface area contributed by atoms with E-state index in [2.05, 4.69) is 10.1 Å². The number of methoxy groups -OCH3 is 1. The Hall–Kier alpha value is -1.83. The van der Waals surface area contributed by atoms with Gasteiger partial charge in [0.2, 0.25) is 0 Å². The molecule has 0 unspecified atom stereocenters. The molecular formula is C11H12F2N2O. The van der Waals surface area contributed by atoms with Gasteiger partial charge in [-0.15, -0.1) is 0 Å². The van der Waals surface area contributed by atoms with Crippen LogP contribution in [0.1, 0.15) is 12.8 Å². The van der Waals surface area contributed by atoms with Gasteiger partial charge in [0.15, 0.2) is 11.6 Å². The summed E-state index contributed by atoms with van der Waals surface area (Å²) >= 11 is 0. The van der Waals surface area contributed by atoms with Crippen molar-refractivity contribution in [2.24, 2.45) is 0 Å². The highest BCUT2D eigenvalue weighted by Crippen LogP contribution is 2.24. The van der Waals surface area contributed by atoms with Crippen LogP contribution < -0.4 is 10.1 Å². The standard InChI is InChI=1S/C11H12F2N2O/c1-16-11-7-8(12)10(6-9(11)13)15-5-3-2-4-14/h6-7,15H,2-3,5H2,1H3. The number of anilines is 1. The lowest BCUT2D eigenvalue weighted by Gasteiger charge is -2.08. The molecule has 1 aromatic rings. The van der Waals surface area contributed by atoms with Gasteiger partial charge in [-0.3, -0.25) is 0 Å². The first-order valence-corrected chi connectivity index (χ1v) is 4.83. The first-order chi connectivity index (χ1) is 7.69. The van der Waals surface area contributed by atoms with Crippen molar-refractivity contribution >= 4 is 5.69 Å². The Labute approximate surface area is 92.6 Å². The molecule has 0 aliphatic rings. The predicted octanol–water partition coefficient (Wildman–Crippen LogP) is 2.69. The van der Waals surface area contributed by atoms with Crippen LogP contribution in [0.25, 0.3) is 0 Å². The van der Waals surface area contributed by atoms with Gasteiger partial charge in [0.05, 0.1) is 18.9 Å². The van der Waals surface area contributed by atoms with Gasteiger partial charge < -0.3 is 10.1 Å². The highest BCUT2D eigenvalue weighted by atomic mass is 19.1. The zero-order valence-corrected chi connectivity index (χ0v) is 8.89. The van der Waals surface area contributed by atoms with Crippen LogP contribution in [0.5, 0.6) is 5.75 Å². The molecule has 0 radical (unpaired) electrons. The molecule has 1 aromatic carbocycles. The maximum Gasteiger partial charge on any atom is 0.167 e. The number of nitriles is 1. The number of unbranched alkanes of at least 4 members (excludes halogenated alkanes) is 1. The van der Waals surface area contributed by atoms with Crippen LogP contribution in [-0.2, 0) is 0 Å². The van der Waals surface area contributed by atoms with Gasteiger partial charge >= 0.3 is 0 Å². The van der Waals surface area contributed by atoms with E-state index in [0.717, 1.165) is 12.1 Å². The Morgan fingerprint density at radius 2 is 2.12 bits per heavy atom. The molecule has 0 bridgehead atoms. The number of nitrogens with zero attached hydrogens (tertiary/aromatic N) is 1. The van der Waals surface area contributed by atoms with Crippen molar-refractivity contribution in [2.75, 3.05) is 19.0 Å². The normalized spacial score (nSPS) is 9.62. The Balaban J connectivity index is 2.67. The summed E-state index contributed by atoms with van der Waals surface area (Å²) < 4.78 is 31.2. The molecule has 3 nitrogen and oxygen atoms in total. The lowest BCUT2D eigenvalue weighted by atomic mass is 10.2. The largest absolute Gasteiger partial charge is 0.494 e. The molecule has 0 saturated carbocycles. The minimum atomic E-state index is -0.619. The van der Waals surface area contributed by atoms with Crippen LogP contribution in [-0.4, -0.2) is 13.7 Å². The zero-order chi connectivity index (χ0) is 12.0. The monoisotopic (exact) mass is 226 g/mol. The Morgan fingerprint density at radius 3 is 2.75 bits per heavy atom. The lowest BCUT2D eigenvalue weighted by Crippen LogP contribution is -2.04. The molecule has 0 heterocycles. The first kappa shape index (κ1) is 12.2. The van der Waals surface area contributed by atoms with Gasteiger partial charge in [0, 0.05) is 25.1 Å². The van der Waals surface area contributed by atoms with E-state index in [1.54, 1.807) is 0 Å². The second-order valence-corrected chi connectivity index (χ2v) is 3.16. The fourth-order valence-electron chi connectivity index (χ4n) is 1.21. The summed E-state index contributed by atoms with van der Waals surface area (Å²) in [6, 6.07) is 4.00. The summed E-state index contributed by atoms with van der Waals surface area (Å²) in [7, 11) is 1.28. The average molecular weight is 226 g/mol. The van der Waals surface area contributed by atoms with Gasteiger partial charge in [-0.25, -0.2) is 8.78 Å². The third-order valence-electron chi connectivity index (χ3n) is 2.02. The number of nitrogens with one attached hydrogen (secondary N) is 1. The number of benzene rings is 1. The Kier molecular flexibility index (Phi) is 4.52. The third kappa shape index (κ3) is 3.09. The second-order valence-electron chi connectivity index (χ2n) is 3.16. The molecular weight excluding hydrogens is 214 g/mol. The molecule has 0 amide bonds. The smallest absolute Gasteiger partial charge is 0.167 e. The molecule has 0 aliphatic heterocycles. The fourth-order valence-corrected chi connectivity index (χ4v) is 1.21. The Bertz CT molecular complexity index is 402. The molecule has 1 N–H and O–H groups in total. The highest BCUT2D eigenvalue weighted by molar-refractivity contribution is 5.48. The van der Waals surface area contributed by atoms with E-state index in [1.807, 2.05) is 6.07 Å². The third-order valence-corrected chi connectivity index (χ3v) is 2.02. The van der Waals surface area contributed by atoms with Crippen LogP contribution in [0, 0.1) is 23.0 Å². The minimum absolute atomic E-state index is 0.0799. The molecule has 86 valence electrons. The van der Waals surface area contributed by atoms with E-state index in [1.165, 1.54) is 7.11 Å². The molecule has 0 aromatic heterocycles. The van der Waals surface area contributed by atoms with Gasteiger partial charge in [-0.2, -0.15) is 5.26 Å². The van der Waals surface area contributed by atoms with Crippen molar-refractivity contribution in [3.63, 3.8) is 0 Å². The Morgan fingerprint density at radius 1 is 1.38 bits per heavy atom. The van der Waals surface area contributed by atoms with E-state index in [-0.39, 0.29) is 11.4 Å². The van der Waals surface area contributed by atoms with E-state index >= 15 is 0 Å². The molecule has 1 rings (SSSR count). The maximum absolute atomic E-state index is 13.4. The second kappa shape index (κ2) is 5.91. The van der Waals surface area contributed by atoms with Crippen LogP contribution in [0.4, 0.5) is 14.5 Å². The molecule has 0 aliphatic carbocycles. The summed E-state index contributed by atoms with van der Waals surface area (Å²) in [4.78, 5) is 0. The first-order valence-electron chi connectivity index (χ1n) is 4.83. The number of halogens is 2. The van der Waals surface area contributed by atoms with Crippen molar-refractivity contribution in [1.29, 1.82) is 5.26 Å². The van der Waals surface area contributed by atoms with Gasteiger partial charge in [-0.1, -0.05) is 0 Å². The number of ether oxygens (including phenoxy) is 1. The fraction of sp³-hybridized carbons (Fsp3) is 0.364. The average Bonchev–Trinajstić information content (AvgIpc) is 2.28. The van der Waals surface area contributed by atoms with E-state index in [4.69, 9.17) is 5.26 Å². The maximum atomic E-state index is 13.4. The summed E-state index contributed by atoms with van der Waals surface area (Å²) in [5.41, 5.74) is 0.0799. The molecule has 0 fully saturated rings. The predicted molar refractivity (Wildman–Crippen MR) is 56.2 cm³/mol. The summed E-state index contributed by atoms with van der Waals surface area (Å²) in [5, 5.41) is 11.0. The number of rotatable bonds is 5. The number of hydrogen-bond acceptors (Lipinski definition) is 3. The zero-order valence-electron chi connectivity index (χ0n) is 8.89. The highest BCUT2D eigenvalue weighted by Gasteiger charge is 2.09. The summed E-state index contributed by atoms with van der Waals surface area (Å²) in [6.07, 6.45) is 0.969. The van der Waals surface area contributed by atoms with E-state index < -0.39 is 11.6 Å². The van der Waals surface area contributed by atoms with Crippen LogP contribution >= 0.6 is 0 Å². The van der Waals surface area contributed by atoms with E-state index in [0.29, 0.717) is 19.4 Å².